The fourth-order valence-corrected chi connectivity index (χ4v) is 2.16. The van der Waals surface area contributed by atoms with Crippen molar-refractivity contribution in [1.29, 1.82) is 0 Å². The second-order valence-corrected chi connectivity index (χ2v) is 4.28. The molecule has 82 valence electrons. The summed E-state index contributed by atoms with van der Waals surface area (Å²) in [5.41, 5.74) is 0.120. The third-order valence-corrected chi connectivity index (χ3v) is 3.26. The van der Waals surface area contributed by atoms with Crippen LogP contribution >= 0.6 is 0 Å². The van der Waals surface area contributed by atoms with E-state index in [9.17, 15) is 5.11 Å². The van der Waals surface area contributed by atoms with Crippen LogP contribution in [0.15, 0.2) is 24.5 Å². The molecule has 1 aromatic heterocycles. The van der Waals surface area contributed by atoms with Gasteiger partial charge in [-0.1, -0.05) is 6.07 Å². The minimum atomic E-state index is -0.780. The van der Waals surface area contributed by atoms with Crippen molar-refractivity contribution < 1.29 is 9.84 Å². The number of ether oxygens (including phenoxy) is 1. The molecule has 0 saturated carbocycles. The number of aliphatic hydroxyl groups is 1. The quantitative estimate of drug-likeness (QED) is 0.802. The summed E-state index contributed by atoms with van der Waals surface area (Å²) in [6.07, 6.45) is 5.31. The molecule has 1 saturated heterocycles. The molecule has 2 rings (SSSR count). The van der Waals surface area contributed by atoms with Crippen LogP contribution in [0.4, 0.5) is 0 Å². The predicted molar refractivity (Wildman–Crippen MR) is 57.4 cm³/mol. The van der Waals surface area contributed by atoms with Gasteiger partial charge in [0.1, 0.15) is 0 Å². The highest BCUT2D eigenvalue weighted by molar-refractivity contribution is 5.18. The van der Waals surface area contributed by atoms with E-state index in [-0.39, 0.29) is 5.92 Å². The summed E-state index contributed by atoms with van der Waals surface area (Å²) in [6.45, 7) is 3.38. The summed E-state index contributed by atoms with van der Waals surface area (Å²) < 4.78 is 5.30. The largest absolute Gasteiger partial charge is 0.385 e. The zero-order valence-electron chi connectivity index (χ0n) is 9.02. The number of hydrogen-bond acceptors (Lipinski definition) is 3. The summed E-state index contributed by atoms with van der Waals surface area (Å²) in [5.74, 6) is 0.274. The Balaban J connectivity index is 2.18. The standard InChI is InChI=1S/C12H17NO2/c1-12(14,10-4-7-15-8-5-10)11-3-2-6-13-9-11/h2-3,6,9-10,14H,4-5,7-8H2,1H3. The van der Waals surface area contributed by atoms with Crippen molar-refractivity contribution >= 4 is 0 Å². The normalized spacial score (nSPS) is 22.3. The second kappa shape index (κ2) is 4.29. The van der Waals surface area contributed by atoms with Gasteiger partial charge in [-0.25, -0.2) is 0 Å². The number of aromatic nitrogens is 1. The number of rotatable bonds is 2. The fraction of sp³-hybridized carbons (Fsp3) is 0.583. The van der Waals surface area contributed by atoms with Gasteiger partial charge in [0.05, 0.1) is 5.60 Å². The maximum atomic E-state index is 10.5. The molecule has 1 aliphatic rings. The Labute approximate surface area is 90.1 Å². The Kier molecular flexibility index (Phi) is 3.03. The van der Waals surface area contributed by atoms with Gasteiger partial charge in [-0.2, -0.15) is 0 Å². The molecule has 0 bridgehead atoms. The highest BCUT2D eigenvalue weighted by atomic mass is 16.5. The molecule has 2 heterocycles. The van der Waals surface area contributed by atoms with E-state index in [1.165, 1.54) is 0 Å². The van der Waals surface area contributed by atoms with Crippen molar-refractivity contribution in [2.24, 2.45) is 5.92 Å². The number of nitrogens with zero attached hydrogens (tertiary/aromatic N) is 1. The molecule has 0 aliphatic carbocycles. The fourth-order valence-electron chi connectivity index (χ4n) is 2.16. The summed E-state index contributed by atoms with van der Waals surface area (Å²) in [6, 6.07) is 3.80. The molecule has 15 heavy (non-hydrogen) atoms. The molecule has 1 unspecified atom stereocenters. The van der Waals surface area contributed by atoms with Crippen LogP contribution in [0.25, 0.3) is 0 Å². The van der Waals surface area contributed by atoms with E-state index >= 15 is 0 Å². The highest BCUT2D eigenvalue weighted by Crippen LogP contribution is 2.35. The van der Waals surface area contributed by atoms with Crippen molar-refractivity contribution in [3.05, 3.63) is 30.1 Å². The van der Waals surface area contributed by atoms with Crippen molar-refractivity contribution in [2.45, 2.75) is 25.4 Å². The van der Waals surface area contributed by atoms with Gasteiger partial charge in [-0.05, 0) is 31.7 Å². The van der Waals surface area contributed by atoms with E-state index in [1.807, 2.05) is 19.1 Å². The van der Waals surface area contributed by atoms with Crippen LogP contribution < -0.4 is 0 Å². The Bertz CT molecular complexity index is 305. The van der Waals surface area contributed by atoms with Crippen LogP contribution in [-0.4, -0.2) is 23.3 Å². The van der Waals surface area contributed by atoms with Gasteiger partial charge in [0.15, 0.2) is 0 Å². The van der Waals surface area contributed by atoms with Gasteiger partial charge < -0.3 is 9.84 Å². The third-order valence-electron chi connectivity index (χ3n) is 3.26. The molecule has 1 aliphatic heterocycles. The Morgan fingerprint density at radius 2 is 2.20 bits per heavy atom. The average Bonchev–Trinajstić information content (AvgIpc) is 2.31. The van der Waals surface area contributed by atoms with Crippen LogP contribution in [0.3, 0.4) is 0 Å². The number of pyridine rings is 1. The molecule has 1 fully saturated rings. The van der Waals surface area contributed by atoms with Crippen LogP contribution in [0.2, 0.25) is 0 Å². The van der Waals surface area contributed by atoms with Gasteiger partial charge in [0.25, 0.3) is 0 Å². The van der Waals surface area contributed by atoms with E-state index < -0.39 is 5.60 Å². The van der Waals surface area contributed by atoms with Gasteiger partial charge in [0, 0.05) is 31.2 Å². The SMILES string of the molecule is CC(O)(c1cccnc1)C1CCOCC1. The van der Waals surface area contributed by atoms with Crippen LogP contribution in [-0.2, 0) is 10.3 Å². The first kappa shape index (κ1) is 10.6. The lowest BCUT2D eigenvalue weighted by Crippen LogP contribution is -2.35. The van der Waals surface area contributed by atoms with E-state index in [0.29, 0.717) is 0 Å². The smallest absolute Gasteiger partial charge is 0.0913 e. The monoisotopic (exact) mass is 207 g/mol. The van der Waals surface area contributed by atoms with Crippen molar-refractivity contribution in [3.8, 4) is 0 Å². The minimum Gasteiger partial charge on any atom is -0.385 e. The molecule has 1 atom stereocenters. The Hall–Kier alpha value is -0.930. The molecule has 0 amide bonds. The lowest BCUT2D eigenvalue weighted by atomic mass is 9.79. The first-order valence-corrected chi connectivity index (χ1v) is 5.42. The minimum absolute atomic E-state index is 0.274. The molecule has 3 heteroatoms. The third kappa shape index (κ3) is 2.19. The second-order valence-electron chi connectivity index (χ2n) is 4.28. The van der Waals surface area contributed by atoms with Crippen LogP contribution in [0.5, 0.6) is 0 Å². The first-order valence-electron chi connectivity index (χ1n) is 5.42. The van der Waals surface area contributed by atoms with E-state index in [0.717, 1.165) is 31.6 Å². The van der Waals surface area contributed by atoms with Gasteiger partial charge >= 0.3 is 0 Å². The lowest BCUT2D eigenvalue weighted by molar-refractivity contribution is -0.0581. The van der Waals surface area contributed by atoms with Crippen LogP contribution in [0, 0.1) is 5.92 Å². The maximum Gasteiger partial charge on any atom is 0.0913 e. The summed E-state index contributed by atoms with van der Waals surface area (Å²) in [4.78, 5) is 4.05. The molecule has 3 nitrogen and oxygen atoms in total. The molecular weight excluding hydrogens is 190 g/mol. The molecule has 0 spiro atoms. The Morgan fingerprint density at radius 1 is 1.47 bits per heavy atom. The topological polar surface area (TPSA) is 42.4 Å². The highest BCUT2D eigenvalue weighted by Gasteiger charge is 2.34. The Morgan fingerprint density at radius 3 is 2.80 bits per heavy atom. The zero-order valence-corrected chi connectivity index (χ0v) is 9.02. The summed E-state index contributed by atoms with van der Waals surface area (Å²) in [7, 11) is 0. The van der Waals surface area contributed by atoms with E-state index in [1.54, 1.807) is 12.4 Å². The molecular formula is C12H17NO2. The first-order chi connectivity index (χ1) is 7.21. The zero-order chi connectivity index (χ0) is 10.7. The average molecular weight is 207 g/mol. The van der Waals surface area contributed by atoms with Gasteiger partial charge in [-0.3, -0.25) is 4.98 Å². The van der Waals surface area contributed by atoms with Gasteiger partial charge in [0.2, 0.25) is 0 Å². The van der Waals surface area contributed by atoms with E-state index in [2.05, 4.69) is 4.98 Å². The maximum absolute atomic E-state index is 10.5. The molecule has 1 aromatic rings. The van der Waals surface area contributed by atoms with Crippen molar-refractivity contribution in [2.75, 3.05) is 13.2 Å². The molecule has 0 radical (unpaired) electrons. The molecule has 0 aromatic carbocycles. The van der Waals surface area contributed by atoms with Crippen LogP contribution in [0.1, 0.15) is 25.3 Å². The van der Waals surface area contributed by atoms with Gasteiger partial charge in [-0.15, -0.1) is 0 Å². The number of hydrogen-bond donors (Lipinski definition) is 1. The predicted octanol–water partition coefficient (Wildman–Crippen LogP) is 1.72. The van der Waals surface area contributed by atoms with E-state index in [4.69, 9.17) is 4.74 Å². The lowest BCUT2D eigenvalue weighted by Gasteiger charge is -2.35. The van der Waals surface area contributed by atoms with Crippen molar-refractivity contribution in [1.82, 2.24) is 4.98 Å². The molecule has 1 N–H and O–H groups in total. The van der Waals surface area contributed by atoms with Crippen molar-refractivity contribution in [3.63, 3.8) is 0 Å². The summed E-state index contributed by atoms with van der Waals surface area (Å²) in [5, 5.41) is 10.5. The summed E-state index contributed by atoms with van der Waals surface area (Å²) >= 11 is 0.